The van der Waals surface area contributed by atoms with Gasteiger partial charge in [-0.25, -0.2) is 0 Å². The predicted molar refractivity (Wildman–Crippen MR) is 239 cm³/mol. The van der Waals surface area contributed by atoms with Crippen molar-refractivity contribution in [1.82, 2.24) is 5.32 Å². The molecule has 0 aliphatic heterocycles. The number of aliphatic hydroxyl groups is 2. The van der Waals surface area contributed by atoms with Crippen LogP contribution in [0.25, 0.3) is 0 Å². The second kappa shape index (κ2) is 45.2. The van der Waals surface area contributed by atoms with Crippen LogP contribution in [-0.2, 0) is 4.79 Å². The average molecular weight is 752 g/mol. The number of hydrogen-bond acceptors (Lipinski definition) is 3. The van der Waals surface area contributed by atoms with Gasteiger partial charge in [-0.2, -0.15) is 0 Å². The van der Waals surface area contributed by atoms with Crippen LogP contribution in [0.1, 0.15) is 219 Å². The summed E-state index contributed by atoms with van der Waals surface area (Å²) in [7, 11) is 0. The van der Waals surface area contributed by atoms with Crippen LogP contribution in [-0.4, -0.2) is 34.9 Å². The van der Waals surface area contributed by atoms with Crippen molar-refractivity contribution in [1.29, 1.82) is 0 Å². The van der Waals surface area contributed by atoms with Crippen LogP contribution >= 0.6 is 0 Å². The van der Waals surface area contributed by atoms with Crippen molar-refractivity contribution in [2.24, 2.45) is 0 Å². The topological polar surface area (TPSA) is 69.6 Å². The van der Waals surface area contributed by atoms with Crippen molar-refractivity contribution in [2.45, 2.75) is 231 Å². The van der Waals surface area contributed by atoms with E-state index in [2.05, 4.69) is 79.9 Å². The highest BCUT2D eigenvalue weighted by atomic mass is 16.3. The maximum absolute atomic E-state index is 12.4. The van der Waals surface area contributed by atoms with Gasteiger partial charge >= 0.3 is 0 Å². The molecule has 0 bridgehead atoms. The zero-order chi connectivity index (χ0) is 39.3. The molecule has 0 heterocycles. The Bertz CT molecular complexity index is 946. The molecule has 0 spiro atoms. The third-order valence-corrected chi connectivity index (χ3v) is 10.2. The van der Waals surface area contributed by atoms with Crippen molar-refractivity contribution in [2.75, 3.05) is 6.61 Å². The Labute approximate surface area is 336 Å². The summed E-state index contributed by atoms with van der Waals surface area (Å²) in [5.41, 5.74) is 0. The Kier molecular flexibility index (Phi) is 43.4. The summed E-state index contributed by atoms with van der Waals surface area (Å²) in [6.07, 6.45) is 64.5. The molecule has 312 valence electrons. The molecule has 0 rings (SSSR count). The second-order valence-electron chi connectivity index (χ2n) is 15.4. The third-order valence-electron chi connectivity index (χ3n) is 10.2. The van der Waals surface area contributed by atoms with E-state index in [1.54, 1.807) is 6.08 Å². The number of unbranched alkanes of at least 4 members (excludes halogenated alkanes) is 24. The molecule has 0 radical (unpaired) electrons. The number of aliphatic hydroxyl groups excluding tert-OH is 2. The smallest absolute Gasteiger partial charge is 0.220 e. The molecule has 1 amide bonds. The molecule has 0 aliphatic rings. The number of nitrogens with one attached hydrogen (secondary N) is 1. The van der Waals surface area contributed by atoms with Gasteiger partial charge in [0.15, 0.2) is 0 Å². The molecule has 0 aliphatic carbocycles. The highest BCUT2D eigenvalue weighted by molar-refractivity contribution is 5.76. The van der Waals surface area contributed by atoms with Gasteiger partial charge in [0.2, 0.25) is 5.91 Å². The molecule has 2 unspecified atom stereocenters. The van der Waals surface area contributed by atoms with Gasteiger partial charge in [-0.3, -0.25) is 4.79 Å². The zero-order valence-corrected chi connectivity index (χ0v) is 35.7. The summed E-state index contributed by atoms with van der Waals surface area (Å²) >= 11 is 0. The van der Waals surface area contributed by atoms with E-state index in [1.807, 2.05) is 6.08 Å². The van der Waals surface area contributed by atoms with E-state index in [1.165, 1.54) is 122 Å². The lowest BCUT2D eigenvalue weighted by molar-refractivity contribution is -0.123. The highest BCUT2D eigenvalue weighted by Gasteiger charge is 2.17. The van der Waals surface area contributed by atoms with Gasteiger partial charge in [0, 0.05) is 6.42 Å². The van der Waals surface area contributed by atoms with Crippen LogP contribution in [0.2, 0.25) is 0 Å². The van der Waals surface area contributed by atoms with Gasteiger partial charge in [0.25, 0.3) is 0 Å². The molecule has 4 nitrogen and oxygen atoms in total. The standard InChI is InChI=1S/C50H89NO3/c1-3-5-7-9-11-13-15-17-19-21-22-23-24-25-26-27-28-30-31-33-35-37-39-41-43-45-49(53)48(47-52)51-50(54)46-44-42-40-38-36-34-32-29-20-18-16-14-12-10-8-6-4-2/h6,8,12,14,18,20,32,34-35,37,43,45,48-49,52-53H,3-5,7,9-11,13,15-17,19,21-31,33,36,38-42,44,46-47H2,1-2H3,(H,51,54)/b8-6-,14-12-,20-18-,34-32-,37-35+,45-43+. The maximum atomic E-state index is 12.4. The normalized spacial score (nSPS) is 13.6. The molecule has 0 aromatic rings. The lowest BCUT2D eigenvalue weighted by Gasteiger charge is -2.19. The first-order valence-electron chi connectivity index (χ1n) is 23.2. The number of amides is 1. The van der Waals surface area contributed by atoms with Crippen molar-refractivity contribution >= 4 is 5.91 Å². The van der Waals surface area contributed by atoms with Crippen LogP contribution in [0.5, 0.6) is 0 Å². The first-order valence-corrected chi connectivity index (χ1v) is 23.2. The molecule has 0 fully saturated rings. The monoisotopic (exact) mass is 752 g/mol. The Morgan fingerprint density at radius 3 is 1.30 bits per heavy atom. The van der Waals surface area contributed by atoms with Crippen LogP contribution in [0, 0.1) is 0 Å². The summed E-state index contributed by atoms with van der Waals surface area (Å²) in [4.78, 5) is 12.4. The minimum absolute atomic E-state index is 0.0989. The Balaban J connectivity index is 3.63. The first kappa shape index (κ1) is 51.8. The van der Waals surface area contributed by atoms with Gasteiger partial charge in [-0.05, 0) is 70.6 Å². The summed E-state index contributed by atoms with van der Waals surface area (Å²) in [5.74, 6) is -0.0989. The van der Waals surface area contributed by atoms with E-state index in [0.717, 1.165) is 77.0 Å². The quantitative estimate of drug-likeness (QED) is 0.0430. The Hall–Kier alpha value is -2.17. The van der Waals surface area contributed by atoms with Gasteiger partial charge in [-0.15, -0.1) is 0 Å². The third kappa shape index (κ3) is 41.0. The summed E-state index contributed by atoms with van der Waals surface area (Å²) in [6, 6.07) is -0.656. The van der Waals surface area contributed by atoms with Gasteiger partial charge in [0.05, 0.1) is 18.8 Å². The summed E-state index contributed by atoms with van der Waals surface area (Å²) in [5, 5.41) is 23.0. The zero-order valence-electron chi connectivity index (χ0n) is 35.7. The fraction of sp³-hybridized carbons (Fsp3) is 0.740. The Morgan fingerprint density at radius 2 is 0.833 bits per heavy atom. The van der Waals surface area contributed by atoms with Crippen molar-refractivity contribution in [3.8, 4) is 0 Å². The highest BCUT2D eigenvalue weighted by Crippen LogP contribution is 2.15. The number of allylic oxidation sites excluding steroid dienone is 11. The van der Waals surface area contributed by atoms with Crippen LogP contribution in [0.4, 0.5) is 0 Å². The molecule has 0 saturated heterocycles. The Morgan fingerprint density at radius 1 is 0.463 bits per heavy atom. The van der Waals surface area contributed by atoms with Crippen LogP contribution < -0.4 is 5.32 Å². The van der Waals surface area contributed by atoms with Crippen LogP contribution in [0.3, 0.4) is 0 Å². The average Bonchev–Trinajstić information content (AvgIpc) is 3.18. The van der Waals surface area contributed by atoms with Gasteiger partial charge < -0.3 is 15.5 Å². The van der Waals surface area contributed by atoms with E-state index in [9.17, 15) is 15.0 Å². The molecule has 0 aromatic heterocycles. The van der Waals surface area contributed by atoms with Crippen LogP contribution in [0.15, 0.2) is 72.9 Å². The van der Waals surface area contributed by atoms with Crippen molar-refractivity contribution in [3.63, 3.8) is 0 Å². The lowest BCUT2D eigenvalue weighted by Crippen LogP contribution is -2.45. The van der Waals surface area contributed by atoms with Crippen molar-refractivity contribution < 1.29 is 15.0 Å². The van der Waals surface area contributed by atoms with E-state index in [0.29, 0.717) is 6.42 Å². The van der Waals surface area contributed by atoms with Gasteiger partial charge in [0.1, 0.15) is 0 Å². The number of hydrogen-bond donors (Lipinski definition) is 3. The van der Waals surface area contributed by atoms with E-state index < -0.39 is 12.1 Å². The summed E-state index contributed by atoms with van der Waals surface area (Å²) in [6.45, 7) is 4.17. The minimum Gasteiger partial charge on any atom is -0.394 e. The van der Waals surface area contributed by atoms with Gasteiger partial charge in [-0.1, -0.05) is 215 Å². The number of rotatable bonds is 41. The number of carbonyl (C=O) groups excluding carboxylic acids is 1. The largest absolute Gasteiger partial charge is 0.394 e. The minimum atomic E-state index is -0.876. The number of carbonyl (C=O) groups is 1. The van der Waals surface area contributed by atoms with E-state index >= 15 is 0 Å². The molecule has 0 aromatic carbocycles. The first-order chi connectivity index (χ1) is 26.7. The van der Waals surface area contributed by atoms with E-state index in [-0.39, 0.29) is 12.5 Å². The van der Waals surface area contributed by atoms with Crippen molar-refractivity contribution in [3.05, 3.63) is 72.9 Å². The maximum Gasteiger partial charge on any atom is 0.220 e. The molecule has 54 heavy (non-hydrogen) atoms. The fourth-order valence-electron chi connectivity index (χ4n) is 6.66. The SMILES string of the molecule is CC/C=C\C/C=C\C/C=C\C/C=C\CCCCCCC(=O)NC(CO)C(O)/C=C/CC/C=C/CCCCCCCCCCCCCCCCCCCCC. The molecule has 4 heteroatoms. The molecule has 0 saturated carbocycles. The van der Waals surface area contributed by atoms with E-state index in [4.69, 9.17) is 0 Å². The predicted octanol–water partition coefficient (Wildman–Crippen LogP) is 14.7. The summed E-state index contributed by atoms with van der Waals surface area (Å²) < 4.78 is 0. The fourth-order valence-corrected chi connectivity index (χ4v) is 6.66. The molecular formula is C50H89NO3. The molecular weight excluding hydrogens is 663 g/mol. The lowest BCUT2D eigenvalue weighted by atomic mass is 10.0. The molecule has 2 atom stereocenters. The second-order valence-corrected chi connectivity index (χ2v) is 15.4. The molecule has 3 N–H and O–H groups in total.